The number of rotatable bonds is 10. The summed E-state index contributed by atoms with van der Waals surface area (Å²) >= 11 is 0. The molecule has 0 saturated carbocycles. The topological polar surface area (TPSA) is 43.4 Å². The summed E-state index contributed by atoms with van der Waals surface area (Å²) in [7, 11) is 0. The normalized spacial score (nSPS) is 10.6. The van der Waals surface area contributed by atoms with Gasteiger partial charge in [-0.3, -0.25) is 0 Å². The molecule has 4 heteroatoms. The lowest BCUT2D eigenvalue weighted by Crippen LogP contribution is -2.14. The average Bonchev–Trinajstić information content (AvgIpc) is 2.40. The van der Waals surface area contributed by atoms with Crippen molar-refractivity contribution < 1.29 is 9.47 Å². The number of hydrogen-bond donors (Lipinski definition) is 1. The SMILES string of the molecule is CCCNCc1ccc(OCCOCCC)nc1. The van der Waals surface area contributed by atoms with Gasteiger partial charge in [-0.2, -0.15) is 0 Å². The Morgan fingerprint density at radius 3 is 2.67 bits per heavy atom. The number of nitrogens with one attached hydrogen (secondary N) is 1. The fraction of sp³-hybridized carbons (Fsp3) is 0.643. The molecular weight excluding hydrogens is 228 g/mol. The maximum Gasteiger partial charge on any atom is 0.213 e. The molecule has 0 fully saturated rings. The first-order chi connectivity index (χ1) is 8.86. The molecule has 18 heavy (non-hydrogen) atoms. The van der Waals surface area contributed by atoms with Gasteiger partial charge in [-0.25, -0.2) is 4.98 Å². The van der Waals surface area contributed by atoms with Gasteiger partial charge >= 0.3 is 0 Å². The minimum Gasteiger partial charge on any atom is -0.475 e. The van der Waals surface area contributed by atoms with Crippen LogP contribution in [0.4, 0.5) is 0 Å². The molecule has 1 aromatic rings. The van der Waals surface area contributed by atoms with E-state index in [0.717, 1.165) is 32.5 Å². The van der Waals surface area contributed by atoms with Gasteiger partial charge in [0.25, 0.3) is 0 Å². The zero-order valence-electron chi connectivity index (χ0n) is 11.4. The summed E-state index contributed by atoms with van der Waals surface area (Å²) in [6.07, 6.45) is 4.04. The molecule has 0 aliphatic heterocycles. The fourth-order valence-electron chi connectivity index (χ4n) is 1.46. The van der Waals surface area contributed by atoms with Crippen molar-refractivity contribution in [3.05, 3.63) is 23.9 Å². The van der Waals surface area contributed by atoms with Crippen LogP contribution in [0, 0.1) is 0 Å². The van der Waals surface area contributed by atoms with E-state index in [2.05, 4.69) is 24.1 Å². The Labute approximate surface area is 110 Å². The first kappa shape index (κ1) is 14.9. The van der Waals surface area contributed by atoms with Gasteiger partial charge in [0.2, 0.25) is 5.88 Å². The highest BCUT2D eigenvalue weighted by atomic mass is 16.5. The second-order valence-electron chi connectivity index (χ2n) is 4.14. The van der Waals surface area contributed by atoms with Crippen molar-refractivity contribution >= 4 is 0 Å². The Morgan fingerprint density at radius 2 is 2.00 bits per heavy atom. The van der Waals surface area contributed by atoms with E-state index in [1.165, 1.54) is 5.56 Å². The Hall–Kier alpha value is -1.13. The maximum atomic E-state index is 5.48. The van der Waals surface area contributed by atoms with Crippen molar-refractivity contribution in [2.75, 3.05) is 26.4 Å². The van der Waals surface area contributed by atoms with Gasteiger partial charge in [0.05, 0.1) is 6.61 Å². The molecule has 1 heterocycles. The first-order valence-corrected chi connectivity index (χ1v) is 6.73. The fourth-order valence-corrected chi connectivity index (χ4v) is 1.46. The second kappa shape index (κ2) is 9.85. The molecule has 1 N–H and O–H groups in total. The van der Waals surface area contributed by atoms with E-state index in [0.29, 0.717) is 19.1 Å². The summed E-state index contributed by atoms with van der Waals surface area (Å²) in [5.41, 5.74) is 1.18. The first-order valence-electron chi connectivity index (χ1n) is 6.73. The minimum absolute atomic E-state index is 0.556. The van der Waals surface area contributed by atoms with E-state index in [9.17, 15) is 0 Å². The third-order valence-electron chi connectivity index (χ3n) is 2.38. The maximum absolute atomic E-state index is 5.48. The number of hydrogen-bond acceptors (Lipinski definition) is 4. The third kappa shape index (κ3) is 6.57. The van der Waals surface area contributed by atoms with Crippen molar-refractivity contribution in [2.24, 2.45) is 0 Å². The zero-order chi connectivity index (χ0) is 13.1. The summed E-state index contributed by atoms with van der Waals surface area (Å²) in [5.74, 6) is 0.661. The van der Waals surface area contributed by atoms with E-state index >= 15 is 0 Å². The van der Waals surface area contributed by atoms with Crippen molar-refractivity contribution in [1.82, 2.24) is 10.3 Å². The van der Waals surface area contributed by atoms with Crippen LogP contribution in [0.15, 0.2) is 18.3 Å². The predicted molar refractivity (Wildman–Crippen MR) is 72.8 cm³/mol. The van der Waals surface area contributed by atoms with Gasteiger partial charge in [0.15, 0.2) is 0 Å². The van der Waals surface area contributed by atoms with Crippen LogP contribution in [0.25, 0.3) is 0 Å². The molecule has 0 spiro atoms. The van der Waals surface area contributed by atoms with E-state index in [-0.39, 0.29) is 0 Å². The smallest absolute Gasteiger partial charge is 0.213 e. The molecule has 0 saturated heterocycles. The largest absolute Gasteiger partial charge is 0.475 e. The number of ether oxygens (including phenoxy) is 2. The highest BCUT2D eigenvalue weighted by molar-refractivity contribution is 5.17. The Bertz CT molecular complexity index is 301. The standard InChI is InChI=1S/C14H24N2O2/c1-3-7-15-11-13-5-6-14(16-12-13)18-10-9-17-8-4-2/h5-6,12,15H,3-4,7-11H2,1-2H3. The van der Waals surface area contributed by atoms with Crippen molar-refractivity contribution in [3.8, 4) is 5.88 Å². The van der Waals surface area contributed by atoms with Gasteiger partial charge in [0.1, 0.15) is 6.61 Å². The summed E-state index contributed by atoms with van der Waals surface area (Å²) < 4.78 is 10.8. The molecule has 0 aliphatic rings. The van der Waals surface area contributed by atoms with Gasteiger partial charge in [-0.15, -0.1) is 0 Å². The van der Waals surface area contributed by atoms with Gasteiger partial charge < -0.3 is 14.8 Å². The van der Waals surface area contributed by atoms with Gasteiger partial charge in [0, 0.05) is 25.4 Å². The van der Waals surface area contributed by atoms with Gasteiger partial charge in [-0.1, -0.05) is 19.9 Å². The molecule has 0 aliphatic carbocycles. The zero-order valence-corrected chi connectivity index (χ0v) is 11.4. The molecule has 4 nitrogen and oxygen atoms in total. The predicted octanol–water partition coefficient (Wildman–Crippen LogP) is 2.39. The van der Waals surface area contributed by atoms with Gasteiger partial charge in [-0.05, 0) is 24.9 Å². The molecular formula is C14H24N2O2. The van der Waals surface area contributed by atoms with E-state index < -0.39 is 0 Å². The summed E-state index contributed by atoms with van der Waals surface area (Å²) in [4.78, 5) is 4.26. The Balaban J connectivity index is 2.19. The Morgan fingerprint density at radius 1 is 1.11 bits per heavy atom. The molecule has 1 rings (SSSR count). The van der Waals surface area contributed by atoms with Crippen LogP contribution in [0.5, 0.6) is 5.88 Å². The lowest BCUT2D eigenvalue weighted by Gasteiger charge is -2.07. The minimum atomic E-state index is 0.556. The van der Waals surface area contributed by atoms with E-state index in [1.807, 2.05) is 18.3 Å². The average molecular weight is 252 g/mol. The van der Waals surface area contributed by atoms with Crippen LogP contribution in [-0.4, -0.2) is 31.3 Å². The third-order valence-corrected chi connectivity index (χ3v) is 2.38. The molecule has 0 aromatic carbocycles. The van der Waals surface area contributed by atoms with Crippen LogP contribution in [-0.2, 0) is 11.3 Å². The summed E-state index contributed by atoms with van der Waals surface area (Å²) in [6, 6.07) is 3.95. The molecule has 0 atom stereocenters. The molecule has 1 aromatic heterocycles. The second-order valence-corrected chi connectivity index (χ2v) is 4.14. The highest BCUT2D eigenvalue weighted by Crippen LogP contribution is 2.07. The molecule has 0 unspecified atom stereocenters. The number of aromatic nitrogens is 1. The van der Waals surface area contributed by atoms with Crippen molar-refractivity contribution in [1.29, 1.82) is 0 Å². The summed E-state index contributed by atoms with van der Waals surface area (Å²) in [5, 5.41) is 3.34. The Kier molecular flexibility index (Phi) is 8.17. The van der Waals surface area contributed by atoms with Crippen LogP contribution in [0.3, 0.4) is 0 Å². The van der Waals surface area contributed by atoms with Crippen LogP contribution >= 0.6 is 0 Å². The number of pyridine rings is 1. The van der Waals surface area contributed by atoms with Crippen LogP contribution in [0.1, 0.15) is 32.3 Å². The quantitative estimate of drug-likeness (QED) is 0.649. The molecule has 0 radical (unpaired) electrons. The van der Waals surface area contributed by atoms with E-state index in [1.54, 1.807) is 0 Å². The lowest BCUT2D eigenvalue weighted by atomic mass is 10.3. The molecule has 102 valence electrons. The monoisotopic (exact) mass is 252 g/mol. The lowest BCUT2D eigenvalue weighted by molar-refractivity contribution is 0.0990. The number of nitrogens with zero attached hydrogens (tertiary/aromatic N) is 1. The molecule has 0 bridgehead atoms. The highest BCUT2D eigenvalue weighted by Gasteiger charge is 1.97. The van der Waals surface area contributed by atoms with Crippen molar-refractivity contribution in [2.45, 2.75) is 33.2 Å². The van der Waals surface area contributed by atoms with Crippen molar-refractivity contribution in [3.63, 3.8) is 0 Å². The van der Waals surface area contributed by atoms with Crippen LogP contribution in [0.2, 0.25) is 0 Å². The van der Waals surface area contributed by atoms with E-state index in [4.69, 9.17) is 9.47 Å². The summed E-state index contributed by atoms with van der Waals surface area (Å²) in [6.45, 7) is 8.11. The molecule has 0 amide bonds. The van der Waals surface area contributed by atoms with Crippen LogP contribution < -0.4 is 10.1 Å².